The maximum Gasteiger partial charge on any atom is 0.197 e. The molecule has 1 aliphatic rings. The summed E-state index contributed by atoms with van der Waals surface area (Å²) < 4.78 is 5.51. The van der Waals surface area contributed by atoms with Gasteiger partial charge in [-0.25, -0.2) is 0 Å². The summed E-state index contributed by atoms with van der Waals surface area (Å²) in [4.78, 5) is 12.9. The normalized spacial score (nSPS) is 15.0. The third kappa shape index (κ3) is 1.99. The largest absolute Gasteiger partial charge is 0.464 e. The zero-order valence-electron chi connectivity index (χ0n) is 11.7. The van der Waals surface area contributed by atoms with Crippen LogP contribution in [0.4, 0.5) is 0 Å². The van der Waals surface area contributed by atoms with Gasteiger partial charge in [0.1, 0.15) is 11.8 Å². The number of fused-ring (bicyclic) bond motifs is 1. The molecule has 1 heterocycles. The maximum absolute atomic E-state index is 12.9. The zero-order chi connectivity index (χ0) is 14.2. The first kappa shape index (κ1) is 12.4. The molecule has 0 aliphatic heterocycles. The number of carbonyl (C=O) groups is 1. The fourth-order valence-corrected chi connectivity index (χ4v) is 3.08. The smallest absolute Gasteiger partial charge is 0.197 e. The number of benzene rings is 2. The fourth-order valence-electron chi connectivity index (χ4n) is 3.08. The summed E-state index contributed by atoms with van der Waals surface area (Å²) in [6, 6.07) is 15.7. The highest BCUT2D eigenvalue weighted by Crippen LogP contribution is 2.38. The molecule has 1 aliphatic carbocycles. The Bertz CT molecular complexity index is 809. The van der Waals surface area contributed by atoms with Gasteiger partial charge in [-0.1, -0.05) is 48.9 Å². The van der Waals surface area contributed by atoms with Gasteiger partial charge in [0.2, 0.25) is 0 Å². The monoisotopic (exact) mass is 276 g/mol. The Morgan fingerprint density at radius 3 is 2.52 bits per heavy atom. The van der Waals surface area contributed by atoms with Gasteiger partial charge in [0.05, 0.1) is 5.56 Å². The molecule has 0 amide bonds. The molecule has 0 saturated heterocycles. The first-order chi connectivity index (χ1) is 10.3. The lowest BCUT2D eigenvalue weighted by molar-refractivity contribution is 0.103. The van der Waals surface area contributed by atoms with Crippen molar-refractivity contribution in [2.75, 3.05) is 0 Å². The Balaban J connectivity index is 1.81. The predicted molar refractivity (Wildman–Crippen MR) is 82.7 cm³/mol. The van der Waals surface area contributed by atoms with Gasteiger partial charge in [-0.2, -0.15) is 0 Å². The van der Waals surface area contributed by atoms with Crippen molar-refractivity contribution in [2.24, 2.45) is 0 Å². The highest BCUT2D eigenvalue weighted by atomic mass is 16.3. The Kier molecular flexibility index (Phi) is 2.88. The summed E-state index contributed by atoms with van der Waals surface area (Å²) in [6.07, 6.45) is 5.24. The number of hydrogen-bond donors (Lipinski definition) is 0. The fraction of sp³-hybridized carbons (Fsp3) is 0.211. The molecule has 0 radical (unpaired) electrons. The van der Waals surface area contributed by atoms with E-state index in [0.29, 0.717) is 11.5 Å². The van der Waals surface area contributed by atoms with Crippen LogP contribution in [0.15, 0.2) is 59.2 Å². The van der Waals surface area contributed by atoms with Crippen LogP contribution in [0.25, 0.3) is 11.0 Å². The molecule has 21 heavy (non-hydrogen) atoms. The summed E-state index contributed by atoms with van der Waals surface area (Å²) in [5.41, 5.74) is 3.45. The molecule has 0 N–H and O–H groups in total. The SMILES string of the molecule is O=C(c1ccccc1C1CCC1)c1coc2ccccc12. The molecule has 2 nitrogen and oxygen atoms in total. The van der Waals surface area contributed by atoms with Crippen LogP contribution in [0.5, 0.6) is 0 Å². The average Bonchev–Trinajstić information content (AvgIpc) is 2.89. The van der Waals surface area contributed by atoms with Crippen molar-refractivity contribution in [1.29, 1.82) is 0 Å². The molecule has 0 unspecified atom stereocenters. The van der Waals surface area contributed by atoms with Gasteiger partial charge in [0, 0.05) is 10.9 Å². The van der Waals surface area contributed by atoms with Crippen LogP contribution in [-0.2, 0) is 0 Å². The van der Waals surface area contributed by atoms with Crippen LogP contribution in [0.3, 0.4) is 0 Å². The second-order valence-electron chi connectivity index (χ2n) is 5.69. The second kappa shape index (κ2) is 4.88. The van der Waals surface area contributed by atoms with E-state index in [0.717, 1.165) is 16.5 Å². The minimum Gasteiger partial charge on any atom is -0.464 e. The maximum atomic E-state index is 12.9. The highest BCUT2D eigenvalue weighted by Gasteiger charge is 2.25. The predicted octanol–water partition coefficient (Wildman–Crippen LogP) is 4.93. The van der Waals surface area contributed by atoms with Crippen molar-refractivity contribution in [3.05, 3.63) is 71.5 Å². The molecule has 104 valence electrons. The number of rotatable bonds is 3. The van der Waals surface area contributed by atoms with Gasteiger partial charge >= 0.3 is 0 Å². The van der Waals surface area contributed by atoms with Crippen LogP contribution in [0.2, 0.25) is 0 Å². The highest BCUT2D eigenvalue weighted by molar-refractivity contribution is 6.16. The van der Waals surface area contributed by atoms with Crippen LogP contribution in [-0.4, -0.2) is 5.78 Å². The lowest BCUT2D eigenvalue weighted by Gasteiger charge is -2.27. The Hall–Kier alpha value is -2.35. The van der Waals surface area contributed by atoms with Gasteiger partial charge < -0.3 is 4.42 Å². The lowest BCUT2D eigenvalue weighted by Crippen LogP contribution is -2.14. The standard InChI is InChI=1S/C19H16O2/c20-19(17-12-21-18-11-4-3-9-15(17)18)16-10-2-1-8-14(16)13-6-5-7-13/h1-4,8-13H,5-7H2. The number of carbonyl (C=O) groups excluding carboxylic acids is 1. The topological polar surface area (TPSA) is 30.2 Å². The van der Waals surface area contributed by atoms with E-state index in [1.54, 1.807) is 6.26 Å². The van der Waals surface area contributed by atoms with Crippen molar-refractivity contribution in [3.8, 4) is 0 Å². The van der Waals surface area contributed by atoms with E-state index in [4.69, 9.17) is 4.42 Å². The minimum absolute atomic E-state index is 0.0717. The summed E-state index contributed by atoms with van der Waals surface area (Å²) in [6.45, 7) is 0. The van der Waals surface area contributed by atoms with Gasteiger partial charge in [0.15, 0.2) is 5.78 Å². The van der Waals surface area contributed by atoms with Crippen LogP contribution in [0.1, 0.15) is 46.7 Å². The molecule has 0 bridgehead atoms. The summed E-state index contributed by atoms with van der Waals surface area (Å²) in [5, 5.41) is 0.894. The van der Waals surface area contributed by atoms with E-state index in [9.17, 15) is 4.79 Å². The van der Waals surface area contributed by atoms with E-state index in [-0.39, 0.29) is 5.78 Å². The van der Waals surface area contributed by atoms with Crippen molar-refractivity contribution < 1.29 is 9.21 Å². The first-order valence-corrected chi connectivity index (χ1v) is 7.44. The van der Waals surface area contributed by atoms with E-state index >= 15 is 0 Å². The van der Waals surface area contributed by atoms with Gasteiger partial charge in [-0.05, 0) is 30.4 Å². The molecule has 3 aromatic rings. The lowest BCUT2D eigenvalue weighted by atomic mass is 9.77. The van der Waals surface area contributed by atoms with Crippen molar-refractivity contribution in [1.82, 2.24) is 0 Å². The Morgan fingerprint density at radius 2 is 1.71 bits per heavy atom. The molecule has 2 heteroatoms. The molecular formula is C19H16O2. The molecule has 1 fully saturated rings. The molecule has 1 saturated carbocycles. The van der Waals surface area contributed by atoms with Crippen molar-refractivity contribution in [2.45, 2.75) is 25.2 Å². The first-order valence-electron chi connectivity index (χ1n) is 7.44. The quantitative estimate of drug-likeness (QED) is 0.635. The second-order valence-corrected chi connectivity index (χ2v) is 5.69. The van der Waals surface area contributed by atoms with Crippen molar-refractivity contribution in [3.63, 3.8) is 0 Å². The molecule has 2 aromatic carbocycles. The van der Waals surface area contributed by atoms with Crippen LogP contribution < -0.4 is 0 Å². The number of furan rings is 1. The van der Waals surface area contributed by atoms with E-state index < -0.39 is 0 Å². The van der Waals surface area contributed by atoms with Crippen molar-refractivity contribution >= 4 is 16.8 Å². The number of para-hydroxylation sites is 1. The number of ketones is 1. The number of hydrogen-bond acceptors (Lipinski definition) is 2. The van der Waals surface area contributed by atoms with Crippen LogP contribution >= 0.6 is 0 Å². The minimum atomic E-state index is 0.0717. The van der Waals surface area contributed by atoms with E-state index in [1.165, 1.54) is 24.8 Å². The molecule has 0 atom stereocenters. The van der Waals surface area contributed by atoms with Crippen LogP contribution in [0, 0.1) is 0 Å². The molecule has 0 spiro atoms. The Labute approximate surface area is 123 Å². The zero-order valence-corrected chi connectivity index (χ0v) is 11.7. The third-order valence-electron chi connectivity index (χ3n) is 4.48. The van der Waals surface area contributed by atoms with Gasteiger partial charge in [-0.3, -0.25) is 4.79 Å². The van der Waals surface area contributed by atoms with Gasteiger partial charge in [0.25, 0.3) is 0 Å². The van der Waals surface area contributed by atoms with E-state index in [2.05, 4.69) is 6.07 Å². The third-order valence-corrected chi connectivity index (χ3v) is 4.48. The summed E-state index contributed by atoms with van der Waals surface area (Å²) >= 11 is 0. The summed E-state index contributed by atoms with van der Waals surface area (Å²) in [7, 11) is 0. The summed E-state index contributed by atoms with van der Waals surface area (Å²) in [5.74, 6) is 0.616. The average molecular weight is 276 g/mol. The molecule has 1 aromatic heterocycles. The van der Waals surface area contributed by atoms with E-state index in [1.807, 2.05) is 42.5 Å². The molecule has 4 rings (SSSR count). The Morgan fingerprint density at radius 1 is 0.952 bits per heavy atom. The van der Waals surface area contributed by atoms with Gasteiger partial charge in [-0.15, -0.1) is 0 Å². The molecular weight excluding hydrogens is 260 g/mol.